The number of rotatable bonds is 3. The van der Waals surface area contributed by atoms with Gasteiger partial charge in [0.2, 0.25) is 0 Å². The van der Waals surface area contributed by atoms with Crippen LogP contribution in [0.5, 0.6) is 0 Å². The number of aromatic nitrogens is 3. The molecule has 0 atom stereocenters. The third kappa shape index (κ3) is 1.76. The van der Waals surface area contributed by atoms with E-state index in [0.29, 0.717) is 6.54 Å². The Hall–Kier alpha value is -1.68. The van der Waals surface area contributed by atoms with Crippen LogP contribution in [-0.4, -0.2) is 15.0 Å². The molecule has 2 N–H and O–H groups in total. The first-order valence-corrected chi connectivity index (χ1v) is 5.04. The summed E-state index contributed by atoms with van der Waals surface area (Å²) in [6.07, 6.45) is 4.48. The molecule has 0 aliphatic rings. The van der Waals surface area contributed by atoms with Gasteiger partial charge in [0, 0.05) is 6.54 Å². The summed E-state index contributed by atoms with van der Waals surface area (Å²) in [6.45, 7) is 2.64. The molecule has 78 valence electrons. The second-order valence-electron chi connectivity index (χ2n) is 3.33. The fourth-order valence-electron chi connectivity index (χ4n) is 1.72. The summed E-state index contributed by atoms with van der Waals surface area (Å²) < 4.78 is 1.78. The molecule has 0 aliphatic heterocycles. The average molecular weight is 202 g/mol. The van der Waals surface area contributed by atoms with E-state index in [9.17, 15) is 0 Å². The van der Waals surface area contributed by atoms with E-state index in [2.05, 4.69) is 23.3 Å². The monoisotopic (exact) mass is 202 g/mol. The van der Waals surface area contributed by atoms with Gasteiger partial charge in [-0.1, -0.05) is 30.3 Å². The second-order valence-corrected chi connectivity index (χ2v) is 3.33. The van der Waals surface area contributed by atoms with E-state index in [0.717, 1.165) is 17.7 Å². The van der Waals surface area contributed by atoms with E-state index >= 15 is 0 Å². The molecule has 1 aromatic carbocycles. The first-order valence-electron chi connectivity index (χ1n) is 5.04. The molecule has 0 saturated carbocycles. The smallest absolute Gasteiger partial charge is 0.0740 e. The van der Waals surface area contributed by atoms with E-state index in [1.54, 1.807) is 10.9 Å². The molecular weight excluding hydrogens is 188 g/mol. The fourth-order valence-corrected chi connectivity index (χ4v) is 1.72. The third-order valence-corrected chi connectivity index (χ3v) is 2.46. The number of nitrogens with zero attached hydrogens (tertiary/aromatic N) is 3. The summed E-state index contributed by atoms with van der Waals surface area (Å²) in [5, 5.41) is 7.84. The number of benzene rings is 1. The fraction of sp³-hybridized carbons (Fsp3) is 0.273. The van der Waals surface area contributed by atoms with Crippen molar-refractivity contribution in [2.45, 2.75) is 19.9 Å². The van der Waals surface area contributed by atoms with Crippen LogP contribution in [0.1, 0.15) is 18.1 Å². The van der Waals surface area contributed by atoms with Crippen LogP contribution in [0.15, 0.2) is 30.6 Å². The van der Waals surface area contributed by atoms with Gasteiger partial charge in [-0.25, -0.2) is 4.68 Å². The van der Waals surface area contributed by atoms with Crippen LogP contribution < -0.4 is 5.73 Å². The lowest BCUT2D eigenvalue weighted by Crippen LogP contribution is -2.08. The minimum Gasteiger partial charge on any atom is -0.326 e. The number of hydrogen-bond acceptors (Lipinski definition) is 3. The second kappa shape index (κ2) is 4.23. The highest BCUT2D eigenvalue weighted by molar-refractivity contribution is 5.47. The molecule has 0 aliphatic carbocycles. The Morgan fingerprint density at radius 1 is 1.33 bits per heavy atom. The third-order valence-electron chi connectivity index (χ3n) is 2.46. The number of hydrogen-bond donors (Lipinski definition) is 1. The van der Waals surface area contributed by atoms with E-state index in [4.69, 9.17) is 5.73 Å². The van der Waals surface area contributed by atoms with Crippen molar-refractivity contribution >= 4 is 0 Å². The van der Waals surface area contributed by atoms with Crippen molar-refractivity contribution in [1.82, 2.24) is 15.0 Å². The predicted molar refractivity (Wildman–Crippen MR) is 58.6 cm³/mol. The Balaban J connectivity index is 2.61. The Morgan fingerprint density at radius 3 is 2.73 bits per heavy atom. The number of nitrogens with two attached hydrogens (primary N) is 1. The molecular formula is C11H14N4. The minimum atomic E-state index is 0.517. The van der Waals surface area contributed by atoms with Crippen LogP contribution in [0.2, 0.25) is 0 Å². The molecule has 2 rings (SSSR count). The molecule has 4 heteroatoms. The standard InChI is InChI=1S/C11H14N4/c1-2-9-4-3-5-10(8-12)11(9)15-7-6-13-14-15/h3-7H,2,8,12H2,1H3. The lowest BCUT2D eigenvalue weighted by atomic mass is 10.1. The van der Waals surface area contributed by atoms with Gasteiger partial charge in [-0.3, -0.25) is 0 Å². The van der Waals surface area contributed by atoms with Crippen molar-refractivity contribution in [2.75, 3.05) is 0 Å². The summed E-state index contributed by atoms with van der Waals surface area (Å²) in [5.74, 6) is 0. The van der Waals surface area contributed by atoms with Crippen molar-refractivity contribution in [1.29, 1.82) is 0 Å². The van der Waals surface area contributed by atoms with Gasteiger partial charge in [0.25, 0.3) is 0 Å². The molecule has 0 amide bonds. The maximum absolute atomic E-state index is 5.72. The van der Waals surface area contributed by atoms with Crippen LogP contribution in [0, 0.1) is 0 Å². The molecule has 0 fully saturated rings. The first kappa shape index (κ1) is 9.86. The average Bonchev–Trinajstić information content (AvgIpc) is 2.81. The molecule has 4 nitrogen and oxygen atoms in total. The van der Waals surface area contributed by atoms with Gasteiger partial charge in [-0.15, -0.1) is 5.10 Å². The van der Waals surface area contributed by atoms with Crippen molar-refractivity contribution in [2.24, 2.45) is 5.73 Å². The molecule has 0 radical (unpaired) electrons. The highest BCUT2D eigenvalue weighted by Crippen LogP contribution is 2.19. The Kier molecular flexibility index (Phi) is 2.78. The molecule has 0 bridgehead atoms. The molecule has 1 aromatic heterocycles. The Morgan fingerprint density at radius 2 is 2.13 bits per heavy atom. The summed E-state index contributed by atoms with van der Waals surface area (Å²) in [7, 11) is 0. The summed E-state index contributed by atoms with van der Waals surface area (Å²) >= 11 is 0. The topological polar surface area (TPSA) is 56.7 Å². The van der Waals surface area contributed by atoms with Crippen LogP contribution in [0.25, 0.3) is 5.69 Å². The zero-order valence-electron chi connectivity index (χ0n) is 8.72. The highest BCUT2D eigenvalue weighted by atomic mass is 15.4. The van der Waals surface area contributed by atoms with Crippen molar-refractivity contribution in [3.05, 3.63) is 41.7 Å². The van der Waals surface area contributed by atoms with E-state index in [1.807, 2.05) is 18.3 Å². The summed E-state index contributed by atoms with van der Waals surface area (Å²) in [4.78, 5) is 0. The van der Waals surface area contributed by atoms with E-state index in [1.165, 1.54) is 5.56 Å². The normalized spacial score (nSPS) is 10.5. The van der Waals surface area contributed by atoms with Crippen molar-refractivity contribution < 1.29 is 0 Å². The van der Waals surface area contributed by atoms with Gasteiger partial charge in [-0.2, -0.15) is 0 Å². The SMILES string of the molecule is CCc1cccc(CN)c1-n1ccnn1. The molecule has 0 saturated heterocycles. The van der Waals surface area contributed by atoms with Crippen LogP contribution in [0.3, 0.4) is 0 Å². The van der Waals surface area contributed by atoms with Crippen molar-refractivity contribution in [3.8, 4) is 5.69 Å². The van der Waals surface area contributed by atoms with E-state index < -0.39 is 0 Å². The van der Waals surface area contributed by atoms with Gasteiger partial charge in [0.15, 0.2) is 0 Å². The lowest BCUT2D eigenvalue weighted by Gasteiger charge is -2.11. The summed E-state index contributed by atoms with van der Waals surface area (Å²) in [6, 6.07) is 6.15. The molecule has 15 heavy (non-hydrogen) atoms. The van der Waals surface area contributed by atoms with Gasteiger partial charge < -0.3 is 5.73 Å². The predicted octanol–water partition coefficient (Wildman–Crippen LogP) is 1.29. The van der Waals surface area contributed by atoms with Crippen LogP contribution in [0.4, 0.5) is 0 Å². The minimum absolute atomic E-state index is 0.517. The van der Waals surface area contributed by atoms with Crippen LogP contribution in [-0.2, 0) is 13.0 Å². The Labute approximate surface area is 88.7 Å². The maximum Gasteiger partial charge on any atom is 0.0740 e. The lowest BCUT2D eigenvalue weighted by molar-refractivity contribution is 0.781. The first-order chi connectivity index (χ1) is 7.36. The largest absolute Gasteiger partial charge is 0.326 e. The Bertz CT molecular complexity index is 412. The van der Waals surface area contributed by atoms with Gasteiger partial charge in [0.05, 0.1) is 18.1 Å². The highest BCUT2D eigenvalue weighted by Gasteiger charge is 2.08. The number of para-hydroxylation sites is 1. The molecule has 0 spiro atoms. The molecule has 2 aromatic rings. The molecule has 1 heterocycles. The quantitative estimate of drug-likeness (QED) is 0.815. The zero-order chi connectivity index (χ0) is 10.7. The maximum atomic E-state index is 5.72. The van der Waals surface area contributed by atoms with Gasteiger partial charge in [-0.05, 0) is 17.5 Å². The zero-order valence-corrected chi connectivity index (χ0v) is 8.72. The summed E-state index contributed by atoms with van der Waals surface area (Å²) in [5.41, 5.74) is 9.12. The van der Waals surface area contributed by atoms with Gasteiger partial charge in [0.1, 0.15) is 0 Å². The van der Waals surface area contributed by atoms with Gasteiger partial charge >= 0.3 is 0 Å². The van der Waals surface area contributed by atoms with Crippen molar-refractivity contribution in [3.63, 3.8) is 0 Å². The van der Waals surface area contributed by atoms with Crippen LogP contribution >= 0.6 is 0 Å². The molecule has 0 unspecified atom stereocenters. The number of aryl methyl sites for hydroxylation is 1. The van der Waals surface area contributed by atoms with E-state index in [-0.39, 0.29) is 0 Å².